The Morgan fingerprint density at radius 3 is 2.47 bits per heavy atom. The van der Waals surface area contributed by atoms with E-state index in [1.54, 1.807) is 0 Å². The monoisotopic (exact) mass is 276 g/mol. The van der Waals surface area contributed by atoms with E-state index in [9.17, 15) is 22.8 Å². The number of esters is 1. The number of hydrogen-bond acceptors (Lipinski definition) is 4. The smallest absolute Gasteiger partial charge is 0.446 e. The molecule has 104 valence electrons. The molecule has 0 saturated heterocycles. The third kappa shape index (κ3) is 6.96. The lowest BCUT2D eigenvalue weighted by Crippen LogP contribution is -2.34. The summed E-state index contributed by atoms with van der Waals surface area (Å²) in [5.41, 5.74) is 5.23. The molecule has 0 radical (unpaired) electrons. The number of nitrogens with zero attached hydrogens (tertiary/aromatic N) is 1. The summed E-state index contributed by atoms with van der Waals surface area (Å²) >= 11 is 0. The second kappa shape index (κ2) is 8.01. The van der Waals surface area contributed by atoms with Gasteiger partial charge < -0.3 is 15.4 Å². The fourth-order valence-electron chi connectivity index (χ4n) is 0.893. The maximum absolute atomic E-state index is 11.7. The Hall–Kier alpha value is -2.19. The van der Waals surface area contributed by atoms with Crippen molar-refractivity contribution in [1.82, 2.24) is 4.90 Å². The quantitative estimate of drug-likeness (QED) is 0.556. The molecule has 0 bridgehead atoms. The first-order valence-electron chi connectivity index (χ1n) is 4.98. The molecule has 1 amide bonds. The van der Waals surface area contributed by atoms with Crippen LogP contribution in [-0.4, -0.2) is 49.2 Å². The van der Waals surface area contributed by atoms with Gasteiger partial charge in [-0.25, -0.2) is 4.79 Å². The Bertz CT molecular complexity index is 429. The molecular weight excluding hydrogens is 265 g/mol. The average molecular weight is 276 g/mol. The third-order valence-electron chi connectivity index (χ3n) is 1.67. The summed E-state index contributed by atoms with van der Waals surface area (Å²) in [6, 6.07) is 0. The van der Waals surface area contributed by atoms with Gasteiger partial charge in [0.1, 0.15) is 0 Å². The minimum Gasteiger partial charge on any atom is -0.446 e. The van der Waals surface area contributed by atoms with Gasteiger partial charge in [-0.05, 0) is 5.92 Å². The molecule has 0 rings (SSSR count). The van der Waals surface area contributed by atoms with Crippen molar-refractivity contribution in [3.63, 3.8) is 0 Å². The van der Waals surface area contributed by atoms with Crippen molar-refractivity contribution >= 4 is 11.9 Å². The maximum atomic E-state index is 11.7. The molecule has 0 aliphatic heterocycles. The Morgan fingerprint density at radius 2 is 2.00 bits per heavy atom. The van der Waals surface area contributed by atoms with E-state index >= 15 is 0 Å². The summed E-state index contributed by atoms with van der Waals surface area (Å²) in [6.07, 6.45) is -0.0699. The van der Waals surface area contributed by atoms with Gasteiger partial charge in [0.2, 0.25) is 0 Å². The predicted molar refractivity (Wildman–Crippen MR) is 59.3 cm³/mol. The van der Waals surface area contributed by atoms with Gasteiger partial charge in [0, 0.05) is 13.1 Å². The summed E-state index contributed by atoms with van der Waals surface area (Å²) in [6.45, 7) is -0.526. The van der Waals surface area contributed by atoms with Crippen LogP contribution in [0.25, 0.3) is 0 Å². The molecule has 19 heavy (non-hydrogen) atoms. The molecule has 0 aliphatic rings. The number of hydrogen-bond donors (Lipinski definition) is 1. The Balaban J connectivity index is 4.31. The lowest BCUT2D eigenvalue weighted by molar-refractivity contribution is -0.198. The zero-order chi connectivity index (χ0) is 14.9. The lowest BCUT2D eigenvalue weighted by atomic mass is 10.4. The van der Waals surface area contributed by atoms with E-state index in [1.165, 1.54) is 0 Å². The third-order valence-corrected chi connectivity index (χ3v) is 1.67. The fourth-order valence-corrected chi connectivity index (χ4v) is 0.893. The van der Waals surface area contributed by atoms with Gasteiger partial charge in [0.05, 0.1) is 6.54 Å². The molecule has 5 nitrogen and oxygen atoms in total. The molecule has 0 aliphatic carbocycles. The van der Waals surface area contributed by atoms with Crippen LogP contribution in [0.3, 0.4) is 0 Å². The predicted octanol–water partition coefficient (Wildman–Crippen LogP) is -0.484. The van der Waals surface area contributed by atoms with E-state index < -0.39 is 24.7 Å². The van der Waals surface area contributed by atoms with E-state index in [2.05, 4.69) is 10.7 Å². The van der Waals surface area contributed by atoms with E-state index in [-0.39, 0.29) is 19.6 Å². The van der Waals surface area contributed by atoms with Gasteiger partial charge >= 0.3 is 12.1 Å². The minimum atomic E-state index is -5.08. The molecule has 0 saturated carbocycles. The van der Waals surface area contributed by atoms with Gasteiger partial charge in [0.15, 0.2) is 6.61 Å². The molecule has 8 heteroatoms. The summed E-state index contributed by atoms with van der Waals surface area (Å²) in [4.78, 5) is 22.8. The largest absolute Gasteiger partial charge is 0.490 e. The minimum absolute atomic E-state index is 0.0208. The van der Waals surface area contributed by atoms with Crippen LogP contribution in [0, 0.1) is 24.2 Å². The standard InChI is InChI=1S/C11H11F3N2O3/c1-2-6-16(7-5-15)9(17)4-3-8-19-10(18)11(12,13)14/h1H,5-8,15H2. The van der Waals surface area contributed by atoms with Crippen molar-refractivity contribution in [1.29, 1.82) is 0 Å². The molecule has 0 atom stereocenters. The van der Waals surface area contributed by atoms with Crippen LogP contribution in [0.2, 0.25) is 0 Å². The summed E-state index contributed by atoms with van der Waals surface area (Å²) in [5.74, 6) is 3.14. The molecule has 2 N–H and O–H groups in total. The van der Waals surface area contributed by atoms with Gasteiger partial charge in [-0.3, -0.25) is 4.79 Å². The highest BCUT2D eigenvalue weighted by Gasteiger charge is 2.40. The van der Waals surface area contributed by atoms with Crippen LogP contribution in [0.1, 0.15) is 0 Å². The van der Waals surface area contributed by atoms with Crippen LogP contribution in [0.15, 0.2) is 0 Å². The molecule has 0 aromatic rings. The highest BCUT2D eigenvalue weighted by molar-refractivity contribution is 5.93. The molecule has 0 fully saturated rings. The Labute approximate surface area is 107 Å². The highest BCUT2D eigenvalue weighted by Crippen LogP contribution is 2.15. The summed E-state index contributed by atoms with van der Waals surface area (Å²) in [7, 11) is 0. The molecule has 0 unspecified atom stereocenters. The number of nitrogens with two attached hydrogens (primary N) is 1. The maximum Gasteiger partial charge on any atom is 0.490 e. The zero-order valence-electron chi connectivity index (χ0n) is 9.79. The van der Waals surface area contributed by atoms with Crippen LogP contribution in [0.5, 0.6) is 0 Å². The first kappa shape index (κ1) is 16.8. The normalized spacial score (nSPS) is 9.84. The van der Waals surface area contributed by atoms with Crippen molar-refractivity contribution in [3.05, 3.63) is 0 Å². The van der Waals surface area contributed by atoms with E-state index in [0.29, 0.717) is 0 Å². The Kier molecular flexibility index (Phi) is 7.08. The van der Waals surface area contributed by atoms with Gasteiger partial charge in [-0.2, -0.15) is 13.2 Å². The van der Waals surface area contributed by atoms with Gasteiger partial charge in [0.25, 0.3) is 5.91 Å². The van der Waals surface area contributed by atoms with Gasteiger partial charge in [-0.1, -0.05) is 11.8 Å². The number of carbonyl (C=O) groups is 2. The average Bonchev–Trinajstić information content (AvgIpc) is 2.32. The highest BCUT2D eigenvalue weighted by atomic mass is 19.4. The fraction of sp³-hybridized carbons (Fsp3) is 0.455. The number of terminal acetylenes is 1. The molecular formula is C11H11F3N2O3. The van der Waals surface area contributed by atoms with E-state index in [4.69, 9.17) is 12.2 Å². The van der Waals surface area contributed by atoms with Crippen molar-refractivity contribution in [2.24, 2.45) is 5.73 Å². The molecule has 0 heterocycles. The second-order valence-electron chi connectivity index (χ2n) is 3.10. The van der Waals surface area contributed by atoms with E-state index in [1.807, 2.05) is 11.8 Å². The van der Waals surface area contributed by atoms with Crippen LogP contribution < -0.4 is 5.73 Å². The van der Waals surface area contributed by atoms with Crippen molar-refractivity contribution in [2.75, 3.05) is 26.2 Å². The van der Waals surface area contributed by atoms with Crippen LogP contribution in [0.4, 0.5) is 13.2 Å². The van der Waals surface area contributed by atoms with Crippen LogP contribution in [-0.2, 0) is 14.3 Å². The first-order valence-corrected chi connectivity index (χ1v) is 4.98. The van der Waals surface area contributed by atoms with Crippen LogP contribution >= 0.6 is 0 Å². The summed E-state index contributed by atoms with van der Waals surface area (Å²) in [5, 5.41) is 0. The Morgan fingerprint density at radius 1 is 1.37 bits per heavy atom. The molecule has 0 spiro atoms. The van der Waals surface area contributed by atoms with Crippen molar-refractivity contribution in [2.45, 2.75) is 6.18 Å². The second-order valence-corrected chi connectivity index (χ2v) is 3.10. The number of rotatable bonds is 4. The number of ether oxygens (including phenoxy) is 1. The molecule has 0 aromatic heterocycles. The molecule has 0 aromatic carbocycles. The number of carbonyl (C=O) groups excluding carboxylic acids is 2. The number of alkyl halides is 3. The lowest BCUT2D eigenvalue weighted by Gasteiger charge is -2.15. The zero-order valence-corrected chi connectivity index (χ0v) is 9.79. The SMILES string of the molecule is C#CCN(CCN)C(=O)C#CCOC(=O)C(F)(F)F. The van der Waals surface area contributed by atoms with E-state index in [0.717, 1.165) is 4.90 Å². The first-order chi connectivity index (χ1) is 8.82. The number of halogens is 3. The summed E-state index contributed by atoms with van der Waals surface area (Å²) < 4.78 is 39.0. The number of amides is 1. The topological polar surface area (TPSA) is 72.6 Å². The van der Waals surface area contributed by atoms with Crippen molar-refractivity contribution in [3.8, 4) is 24.2 Å². The van der Waals surface area contributed by atoms with Crippen molar-refractivity contribution < 1.29 is 27.5 Å². The van der Waals surface area contributed by atoms with Gasteiger partial charge in [-0.15, -0.1) is 6.42 Å².